The normalized spacial score (nSPS) is 19.2. The average Bonchev–Trinajstić information content (AvgIpc) is 2.44. The number of phosphoric acid groups is 2. The lowest BCUT2D eigenvalue weighted by Gasteiger charge is -2.22. The number of aliphatic hydroxyl groups excluding tert-OH is 1. The van der Waals surface area contributed by atoms with Gasteiger partial charge in [-0.2, -0.15) is 13.7 Å². The molecule has 15 heteroatoms. The highest BCUT2D eigenvalue weighted by Gasteiger charge is 2.52. The maximum Gasteiger partial charge on any atom is 0.521 e. The number of rotatable bonds is 14. The molecular weight excluding hydrogens is 415 g/mol. The van der Waals surface area contributed by atoms with Crippen molar-refractivity contribution in [1.29, 1.82) is 0 Å². The van der Waals surface area contributed by atoms with Gasteiger partial charge in [-0.15, -0.1) is 17.4 Å². The second kappa shape index (κ2) is 11.8. The average molecular weight is 440 g/mol. The molecule has 0 fully saturated rings. The van der Waals surface area contributed by atoms with Crippen LogP contribution in [0.3, 0.4) is 0 Å². The van der Waals surface area contributed by atoms with E-state index >= 15 is 0 Å². The Bertz CT molecular complexity index is 548. The third kappa shape index (κ3) is 12.4. The molecule has 154 valence electrons. The van der Waals surface area contributed by atoms with Crippen LogP contribution in [0.25, 0.3) is 0 Å². The number of terminal acetylenes is 1. The summed E-state index contributed by atoms with van der Waals surface area (Å²) in [6.07, 6.45) is 4.65. The van der Waals surface area contributed by atoms with Crippen LogP contribution in [-0.2, 0) is 27.0 Å². The molecule has 0 saturated heterocycles. The predicted molar refractivity (Wildman–Crippen MR) is 92.3 cm³/mol. The summed E-state index contributed by atoms with van der Waals surface area (Å²) in [6, 6.07) is 0. The van der Waals surface area contributed by atoms with E-state index in [4.69, 9.17) is 25.5 Å². The van der Waals surface area contributed by atoms with E-state index in [1.165, 1.54) is 14.0 Å². The lowest BCUT2D eigenvalue weighted by molar-refractivity contribution is 0.000423. The van der Waals surface area contributed by atoms with E-state index in [0.717, 1.165) is 0 Å². The number of hydrogen-bond donors (Lipinski definition) is 6. The molecule has 3 unspecified atom stereocenters. The molecule has 0 aliphatic heterocycles. The van der Waals surface area contributed by atoms with Gasteiger partial charge in [-0.3, -0.25) is 4.89 Å². The molecule has 6 N–H and O–H groups in total. The smallest absolute Gasteiger partial charge is 0.391 e. The van der Waals surface area contributed by atoms with E-state index in [0.29, 0.717) is 19.3 Å². The zero-order chi connectivity index (χ0) is 20.4. The highest BCUT2D eigenvalue weighted by molar-refractivity contribution is 7.70. The Morgan fingerprint density at radius 3 is 2.35 bits per heavy atom. The molecule has 0 aromatic carbocycles. The Morgan fingerprint density at radius 2 is 1.88 bits per heavy atom. The van der Waals surface area contributed by atoms with Crippen molar-refractivity contribution in [1.82, 2.24) is 5.09 Å². The Morgan fingerprint density at radius 1 is 1.27 bits per heavy atom. The molecule has 26 heavy (non-hydrogen) atoms. The Kier molecular flexibility index (Phi) is 11.8. The minimum Gasteiger partial charge on any atom is -0.391 e. The largest absolute Gasteiger partial charge is 0.521 e. The summed E-state index contributed by atoms with van der Waals surface area (Å²) < 4.78 is 40.5. The number of unbranched alkanes of at least 4 members (excludes halogenated alkanes) is 2. The highest BCUT2D eigenvalue weighted by Crippen LogP contribution is 2.69. The van der Waals surface area contributed by atoms with Gasteiger partial charge in [-0.25, -0.2) is 9.13 Å². The predicted octanol–water partition coefficient (Wildman–Crippen LogP) is 0.688. The van der Waals surface area contributed by atoms with Gasteiger partial charge in [0, 0.05) is 13.5 Å². The van der Waals surface area contributed by atoms with Gasteiger partial charge in [-0.1, -0.05) is 0 Å². The van der Waals surface area contributed by atoms with Crippen LogP contribution in [0.2, 0.25) is 0 Å². The van der Waals surface area contributed by atoms with E-state index in [9.17, 15) is 24.0 Å². The van der Waals surface area contributed by atoms with E-state index < -0.39 is 35.9 Å². The van der Waals surface area contributed by atoms with Crippen LogP contribution in [0.4, 0.5) is 0 Å². The lowest BCUT2D eigenvalue weighted by Crippen LogP contribution is -2.37. The van der Waals surface area contributed by atoms with Crippen LogP contribution in [0, 0.1) is 12.3 Å². The number of hydrogen-bond acceptors (Lipinski definition) is 9. The molecule has 0 saturated carbocycles. The van der Waals surface area contributed by atoms with Gasteiger partial charge in [0.1, 0.15) is 0 Å². The molecule has 0 aliphatic carbocycles. The quantitative estimate of drug-likeness (QED) is 0.126. The summed E-state index contributed by atoms with van der Waals surface area (Å²) in [7, 11) is -13.8. The molecule has 0 aromatic rings. The fourth-order valence-electron chi connectivity index (χ4n) is 1.56. The monoisotopic (exact) mass is 440 g/mol. The van der Waals surface area contributed by atoms with Crippen molar-refractivity contribution in [2.24, 2.45) is 0 Å². The zero-order valence-corrected chi connectivity index (χ0v) is 17.0. The van der Waals surface area contributed by atoms with E-state index in [1.54, 1.807) is 0 Å². The summed E-state index contributed by atoms with van der Waals surface area (Å²) in [5.41, 5.74) is 0. The van der Waals surface area contributed by atoms with Gasteiger partial charge in [0.05, 0.1) is 25.4 Å². The van der Waals surface area contributed by atoms with Gasteiger partial charge in [-0.05, 0) is 24.1 Å². The van der Waals surface area contributed by atoms with Crippen LogP contribution in [0.15, 0.2) is 0 Å². The molecular formula is C11H25NO11P3+. The fourth-order valence-corrected chi connectivity index (χ4v) is 5.44. The molecule has 0 heterocycles. The Balaban J connectivity index is 5.04. The standard InChI is InChI=1S/C11H24NO11P3/c1-4-5-6-7-8-21-24(14,12-9-11(20-3)10(2)13)22-26(18,19)23-25(15,16)17/h1,10-14H,5-9H2,2-3H3,(H2-,15,16,17,18,19)/p+1/t10-,11?,24?/m1/s1. The lowest BCUT2D eigenvalue weighted by atomic mass is 10.2. The number of nitrogens with one attached hydrogen (secondary N) is 1. The van der Waals surface area contributed by atoms with Crippen LogP contribution in [0.1, 0.15) is 26.2 Å². The first-order valence-corrected chi connectivity index (χ1v) is 11.9. The maximum absolute atomic E-state index is 11.7. The summed E-state index contributed by atoms with van der Waals surface area (Å²) in [5, 5.41) is 11.8. The first-order chi connectivity index (χ1) is 11.8. The third-order valence-electron chi connectivity index (χ3n) is 2.74. The fraction of sp³-hybridized carbons (Fsp3) is 0.818. The van der Waals surface area contributed by atoms with E-state index in [-0.39, 0.29) is 13.2 Å². The van der Waals surface area contributed by atoms with Crippen molar-refractivity contribution in [3.8, 4) is 12.3 Å². The molecule has 0 radical (unpaired) electrons. The van der Waals surface area contributed by atoms with Crippen LogP contribution in [0.5, 0.6) is 0 Å². The number of aliphatic hydroxyl groups is 1. The second-order valence-electron chi connectivity index (χ2n) is 5.01. The Hall–Kier alpha value is 0.0500. The zero-order valence-electron chi connectivity index (χ0n) is 14.3. The van der Waals surface area contributed by atoms with E-state index in [2.05, 4.69) is 19.6 Å². The van der Waals surface area contributed by atoms with Crippen molar-refractivity contribution in [3.63, 3.8) is 0 Å². The van der Waals surface area contributed by atoms with Crippen LogP contribution >= 0.6 is 23.7 Å². The maximum atomic E-state index is 11.7. The van der Waals surface area contributed by atoms with E-state index in [1.807, 2.05) is 0 Å². The minimum atomic E-state index is -5.38. The second-order valence-corrected chi connectivity index (χ2v) is 9.85. The van der Waals surface area contributed by atoms with Crippen LogP contribution < -0.4 is 5.09 Å². The first-order valence-electron chi connectivity index (χ1n) is 7.31. The molecule has 0 amide bonds. The molecule has 0 spiro atoms. The summed E-state index contributed by atoms with van der Waals surface area (Å²) in [5.74, 6) is 2.40. The first kappa shape index (κ1) is 26.1. The SMILES string of the molecule is C#CCCCCO[P+](O)(NCC(OC)[C@@H](C)O)OP(=O)(O)OP(=O)(O)O. The minimum absolute atomic E-state index is 0.138. The van der Waals surface area contributed by atoms with Gasteiger partial charge < -0.3 is 19.6 Å². The van der Waals surface area contributed by atoms with Crippen molar-refractivity contribution >= 4 is 23.7 Å². The molecule has 0 bridgehead atoms. The topological polar surface area (TPSA) is 184 Å². The van der Waals surface area contributed by atoms with Gasteiger partial charge in [0.25, 0.3) is 0 Å². The van der Waals surface area contributed by atoms with Crippen molar-refractivity contribution in [2.75, 3.05) is 20.3 Å². The van der Waals surface area contributed by atoms with Crippen molar-refractivity contribution in [2.45, 2.75) is 38.4 Å². The molecule has 0 aromatic heterocycles. The Labute approximate surface area is 152 Å². The van der Waals surface area contributed by atoms with Crippen LogP contribution in [-0.4, -0.2) is 57.1 Å². The number of methoxy groups -OCH3 is 1. The summed E-state index contributed by atoms with van der Waals surface area (Å²) in [4.78, 5) is 37.0. The summed E-state index contributed by atoms with van der Waals surface area (Å²) in [6.45, 7) is 1.00. The molecule has 12 nitrogen and oxygen atoms in total. The number of ether oxygens (including phenoxy) is 1. The molecule has 0 aliphatic rings. The van der Waals surface area contributed by atoms with Gasteiger partial charge in [0.15, 0.2) is 0 Å². The van der Waals surface area contributed by atoms with Crippen molar-refractivity contribution in [3.05, 3.63) is 0 Å². The summed E-state index contributed by atoms with van der Waals surface area (Å²) >= 11 is 0. The third-order valence-corrected chi connectivity index (χ3v) is 7.24. The highest BCUT2D eigenvalue weighted by atomic mass is 31.3. The van der Waals surface area contributed by atoms with Crippen molar-refractivity contribution < 1.29 is 51.7 Å². The molecule has 4 atom stereocenters. The van der Waals surface area contributed by atoms with Gasteiger partial charge >= 0.3 is 23.7 Å². The van der Waals surface area contributed by atoms with Gasteiger partial charge in [0.2, 0.25) is 0 Å². The molecule has 0 rings (SSSR count).